The second-order valence-electron chi connectivity index (χ2n) is 18.6. The Morgan fingerprint density at radius 3 is 1.40 bits per heavy atom. The minimum atomic E-state index is -0.926. The molecule has 8 aliphatic heterocycles. The predicted octanol–water partition coefficient (Wildman–Crippen LogP) is 4.67. The number of ether oxygens (including phenoxy) is 6. The lowest BCUT2D eigenvalue weighted by molar-refractivity contribution is -0.576. The summed E-state index contributed by atoms with van der Waals surface area (Å²) in [6, 6.07) is 0. The number of carbonyl (C=O) groups excluding carboxylic acids is 4. The summed E-state index contributed by atoms with van der Waals surface area (Å²) in [5.41, 5.74) is -1.49. The standard InChI is InChI=1S/C41H62N2O14/c1-22-8-10-28-24(3)34(50-36-40(28)26(22)16-18-38(5,52-36)54-56-40)48-32(46)14-12-30(44)42-20-7-21-43-31(45)13-15-33(47)49-35-25(4)29-11-9-23(2)27-17-19-39(6)53-37(51-35)41(27,29)57-55-39/h22-29,34-37H,7-21H2,1-6H3,(H,42,44)(H,43,45)/t22-,23-,24-,25-,26-,27+,28-,29-,34-,35-,36-,37-,38-,39-,40-,41-/m1/s1. The summed E-state index contributed by atoms with van der Waals surface area (Å²) in [6.07, 6.45) is 4.09. The third-order valence-corrected chi connectivity index (χ3v) is 14.8. The minimum Gasteiger partial charge on any atom is -0.435 e. The molecule has 16 atom stereocenters. The largest absolute Gasteiger partial charge is 0.435 e. The van der Waals surface area contributed by atoms with Gasteiger partial charge in [-0.15, -0.1) is 0 Å². The van der Waals surface area contributed by atoms with Gasteiger partial charge in [0.2, 0.25) is 36.0 Å². The van der Waals surface area contributed by atoms with Crippen molar-refractivity contribution in [1.29, 1.82) is 0 Å². The van der Waals surface area contributed by atoms with E-state index in [1.807, 2.05) is 27.7 Å². The average molecular weight is 807 g/mol. The lowest BCUT2D eigenvalue weighted by atomic mass is 9.58. The molecule has 16 heteroatoms. The zero-order valence-electron chi connectivity index (χ0n) is 34.3. The molecule has 10 rings (SSSR count). The number of nitrogens with one attached hydrogen (secondary N) is 2. The van der Waals surface area contributed by atoms with Crippen LogP contribution in [0.25, 0.3) is 0 Å². The SMILES string of the molecule is C[C@H]1[C@H](OC(=O)CCC(=O)NCCCNC(=O)CCC(=O)O[C@@H]2O[C@@H]3O[C@@]4(C)CC[C@H]5[C@H](C)CC[C@H]([C@H]2C)[C@@]35OO4)O[C@@H]2O[C@@]3(C)CC[C@@H]4[C@H](C)CC[C@H]1[C@@]24OO3. The first-order valence-corrected chi connectivity index (χ1v) is 21.5. The molecule has 10 aliphatic rings. The van der Waals surface area contributed by atoms with E-state index in [9.17, 15) is 19.2 Å². The molecule has 0 radical (unpaired) electrons. The lowest BCUT2D eigenvalue weighted by Gasteiger charge is -2.59. The van der Waals surface area contributed by atoms with Crippen molar-refractivity contribution in [3.63, 3.8) is 0 Å². The van der Waals surface area contributed by atoms with Gasteiger partial charge in [0.25, 0.3) is 0 Å². The van der Waals surface area contributed by atoms with Crippen molar-refractivity contribution in [2.24, 2.45) is 47.3 Å². The van der Waals surface area contributed by atoms with E-state index in [1.165, 1.54) is 0 Å². The Bertz CT molecular complexity index is 1440. The number of fused-ring (bicyclic) bond motifs is 4. The molecule has 2 saturated carbocycles. The van der Waals surface area contributed by atoms with Crippen molar-refractivity contribution in [2.75, 3.05) is 13.1 Å². The molecule has 0 aromatic heterocycles. The highest BCUT2D eigenvalue weighted by Gasteiger charge is 2.71. The van der Waals surface area contributed by atoms with Gasteiger partial charge in [-0.05, 0) is 82.5 Å². The monoisotopic (exact) mass is 806 g/mol. The summed E-state index contributed by atoms with van der Waals surface area (Å²) in [5.74, 6) is -2.52. The summed E-state index contributed by atoms with van der Waals surface area (Å²) in [7, 11) is 0. The first-order chi connectivity index (χ1) is 27.2. The van der Waals surface area contributed by atoms with Crippen molar-refractivity contribution in [3.8, 4) is 0 Å². The van der Waals surface area contributed by atoms with Gasteiger partial charge < -0.3 is 39.1 Å². The minimum absolute atomic E-state index is 0.0231. The van der Waals surface area contributed by atoms with E-state index in [2.05, 4.69) is 24.5 Å². The van der Waals surface area contributed by atoms with E-state index in [4.69, 9.17) is 48.0 Å². The Balaban J connectivity index is 0.716. The molecule has 2 N–H and O–H groups in total. The van der Waals surface area contributed by atoms with Gasteiger partial charge >= 0.3 is 11.9 Å². The van der Waals surface area contributed by atoms with Crippen LogP contribution >= 0.6 is 0 Å². The van der Waals surface area contributed by atoms with Gasteiger partial charge in [0.05, 0.1) is 12.8 Å². The van der Waals surface area contributed by atoms with E-state index < -0.39 is 59.9 Å². The van der Waals surface area contributed by atoms with Crippen LogP contribution in [0.3, 0.4) is 0 Å². The van der Waals surface area contributed by atoms with Crippen molar-refractivity contribution < 1.29 is 67.1 Å². The first-order valence-electron chi connectivity index (χ1n) is 21.5. The Morgan fingerprint density at radius 2 is 0.982 bits per heavy atom. The van der Waals surface area contributed by atoms with E-state index in [-0.39, 0.29) is 73.0 Å². The molecule has 2 aliphatic carbocycles. The van der Waals surface area contributed by atoms with Gasteiger partial charge in [-0.2, -0.15) is 0 Å². The molecule has 8 saturated heterocycles. The molecule has 320 valence electrons. The van der Waals surface area contributed by atoms with E-state index in [1.54, 1.807) is 0 Å². The summed E-state index contributed by atoms with van der Waals surface area (Å²) >= 11 is 0. The molecule has 8 heterocycles. The number of amides is 2. The Kier molecular flexibility index (Phi) is 11.5. The zero-order valence-corrected chi connectivity index (χ0v) is 34.3. The molecule has 2 amide bonds. The van der Waals surface area contributed by atoms with Crippen LogP contribution in [0.15, 0.2) is 0 Å². The maximum atomic E-state index is 12.9. The normalized spacial score (nSPS) is 46.7. The second kappa shape index (κ2) is 15.9. The number of rotatable bonds is 12. The number of esters is 2. The van der Waals surface area contributed by atoms with Crippen LogP contribution in [0, 0.1) is 47.3 Å². The number of carbonyl (C=O) groups is 4. The lowest BCUT2D eigenvalue weighted by Crippen LogP contribution is -2.70. The summed E-state index contributed by atoms with van der Waals surface area (Å²) in [6.45, 7) is 12.8. The van der Waals surface area contributed by atoms with E-state index >= 15 is 0 Å². The van der Waals surface area contributed by atoms with Crippen LogP contribution in [-0.4, -0.2) is 84.8 Å². The van der Waals surface area contributed by atoms with Crippen molar-refractivity contribution in [1.82, 2.24) is 10.6 Å². The number of hydrogen-bond donors (Lipinski definition) is 2. The smallest absolute Gasteiger partial charge is 0.308 e. The quantitative estimate of drug-likeness (QED) is 0.158. The molecule has 16 nitrogen and oxygen atoms in total. The third kappa shape index (κ3) is 7.52. The van der Waals surface area contributed by atoms with Gasteiger partial charge in [-0.1, -0.05) is 27.7 Å². The summed E-state index contributed by atoms with van der Waals surface area (Å²) < 4.78 is 36.9. The van der Waals surface area contributed by atoms with Gasteiger partial charge in [0.15, 0.2) is 23.8 Å². The van der Waals surface area contributed by atoms with Gasteiger partial charge in [-0.25, -0.2) is 19.6 Å². The highest BCUT2D eigenvalue weighted by atomic mass is 17.3. The highest BCUT2D eigenvalue weighted by Crippen LogP contribution is 2.62. The van der Waals surface area contributed by atoms with Crippen LogP contribution < -0.4 is 10.6 Å². The predicted molar refractivity (Wildman–Crippen MR) is 195 cm³/mol. The van der Waals surface area contributed by atoms with E-state index in [0.717, 1.165) is 38.5 Å². The fourth-order valence-electron chi connectivity index (χ4n) is 11.5. The molecule has 0 unspecified atom stereocenters. The van der Waals surface area contributed by atoms with Crippen molar-refractivity contribution in [2.45, 2.75) is 173 Å². The summed E-state index contributed by atoms with van der Waals surface area (Å²) in [4.78, 5) is 74.9. The average Bonchev–Trinajstić information content (AvgIpc) is 3.55. The molecule has 0 aromatic rings. The van der Waals surface area contributed by atoms with Gasteiger partial charge in [-0.3, -0.25) is 19.2 Å². The van der Waals surface area contributed by atoms with Crippen molar-refractivity contribution >= 4 is 23.8 Å². The molecule has 2 spiro atoms. The van der Waals surface area contributed by atoms with Crippen molar-refractivity contribution in [3.05, 3.63) is 0 Å². The Labute approximate surface area is 334 Å². The fraction of sp³-hybridized carbons (Fsp3) is 0.902. The maximum absolute atomic E-state index is 12.9. The highest BCUT2D eigenvalue weighted by molar-refractivity contribution is 5.82. The molecular formula is C41H62N2O14. The second-order valence-corrected chi connectivity index (χ2v) is 18.6. The fourth-order valence-corrected chi connectivity index (χ4v) is 11.5. The van der Waals surface area contributed by atoms with Gasteiger partial charge in [0.1, 0.15) is 0 Å². The topological polar surface area (TPSA) is 185 Å². The zero-order chi connectivity index (χ0) is 40.3. The van der Waals surface area contributed by atoms with Crippen LogP contribution in [0.1, 0.15) is 125 Å². The van der Waals surface area contributed by atoms with Crippen LogP contribution in [0.2, 0.25) is 0 Å². The number of hydrogen-bond acceptors (Lipinski definition) is 14. The van der Waals surface area contributed by atoms with Crippen LogP contribution in [-0.2, 0) is 67.1 Å². The van der Waals surface area contributed by atoms with Gasteiger partial charge in [0, 0.05) is 62.4 Å². The van der Waals surface area contributed by atoms with Crippen LogP contribution in [0.4, 0.5) is 0 Å². The van der Waals surface area contributed by atoms with Crippen LogP contribution in [0.5, 0.6) is 0 Å². The Morgan fingerprint density at radius 1 is 0.561 bits per heavy atom. The molecular weight excluding hydrogens is 744 g/mol. The maximum Gasteiger partial charge on any atom is 0.308 e. The molecule has 10 fully saturated rings. The molecule has 57 heavy (non-hydrogen) atoms. The molecule has 0 aromatic carbocycles. The third-order valence-electron chi connectivity index (χ3n) is 14.8. The molecule has 4 bridgehead atoms. The van der Waals surface area contributed by atoms with E-state index in [0.29, 0.717) is 44.2 Å². The summed E-state index contributed by atoms with van der Waals surface area (Å²) in [5, 5.41) is 5.56. The Hall–Kier alpha value is -2.44. The first kappa shape index (κ1) is 41.3.